The number of hydrogen-bond acceptors (Lipinski definition) is 2. The van der Waals surface area contributed by atoms with Gasteiger partial charge in [0.25, 0.3) is 0 Å². The monoisotopic (exact) mass is 498 g/mol. The molecule has 140 valence electrons. The predicted octanol–water partition coefficient (Wildman–Crippen LogP) is 7.01. The summed E-state index contributed by atoms with van der Waals surface area (Å²) in [4.78, 5) is 0. The molecule has 28 heavy (non-hydrogen) atoms. The molecular formula is C23H17Br2FN2. The molecule has 3 aromatic rings. The van der Waals surface area contributed by atoms with Gasteiger partial charge in [0.1, 0.15) is 5.82 Å². The van der Waals surface area contributed by atoms with Gasteiger partial charge in [-0.2, -0.15) is 0 Å². The first kappa shape index (κ1) is 19.0. The predicted molar refractivity (Wildman–Crippen MR) is 120 cm³/mol. The molecule has 0 amide bonds. The van der Waals surface area contributed by atoms with Crippen LogP contribution in [0.25, 0.3) is 6.08 Å². The first-order valence-electron chi connectivity index (χ1n) is 8.81. The topological polar surface area (TPSA) is 15.3 Å². The number of allylic oxidation sites excluding steroid dienone is 1. The van der Waals surface area contributed by atoms with Crippen LogP contribution < -0.4 is 10.4 Å². The highest BCUT2D eigenvalue weighted by Gasteiger charge is 2.25. The third-order valence-corrected chi connectivity index (χ3v) is 5.55. The van der Waals surface area contributed by atoms with Gasteiger partial charge in [-0.3, -0.25) is 10.4 Å². The van der Waals surface area contributed by atoms with E-state index in [0.717, 1.165) is 31.5 Å². The fourth-order valence-corrected chi connectivity index (χ4v) is 3.63. The van der Waals surface area contributed by atoms with E-state index in [-0.39, 0.29) is 11.9 Å². The van der Waals surface area contributed by atoms with Crippen molar-refractivity contribution in [2.24, 2.45) is 0 Å². The molecule has 1 N–H and O–H groups in total. The molecular weight excluding hydrogens is 483 g/mol. The first-order valence-corrected chi connectivity index (χ1v) is 10.4. The van der Waals surface area contributed by atoms with E-state index in [0.29, 0.717) is 0 Å². The van der Waals surface area contributed by atoms with E-state index in [1.807, 2.05) is 53.5 Å². The minimum Gasteiger partial charge on any atom is -0.298 e. The Morgan fingerprint density at radius 1 is 0.857 bits per heavy atom. The molecule has 1 heterocycles. The van der Waals surface area contributed by atoms with Gasteiger partial charge in [0.15, 0.2) is 0 Å². The molecule has 0 aliphatic carbocycles. The number of rotatable bonds is 4. The highest BCUT2D eigenvalue weighted by molar-refractivity contribution is 9.10. The van der Waals surface area contributed by atoms with Crippen molar-refractivity contribution in [3.63, 3.8) is 0 Å². The third-order valence-electron chi connectivity index (χ3n) is 4.49. The van der Waals surface area contributed by atoms with E-state index in [1.165, 1.54) is 12.1 Å². The maximum atomic E-state index is 13.8. The second-order valence-electron chi connectivity index (χ2n) is 6.46. The van der Waals surface area contributed by atoms with E-state index >= 15 is 0 Å². The van der Waals surface area contributed by atoms with Crippen LogP contribution in [0.15, 0.2) is 99.6 Å². The average molecular weight is 500 g/mol. The summed E-state index contributed by atoms with van der Waals surface area (Å²) in [6.07, 6.45) is 6.23. The van der Waals surface area contributed by atoms with Crippen molar-refractivity contribution in [1.29, 1.82) is 0 Å². The van der Waals surface area contributed by atoms with Crippen LogP contribution in [-0.2, 0) is 0 Å². The smallest absolute Gasteiger partial charge is 0.125 e. The van der Waals surface area contributed by atoms with Crippen LogP contribution in [0.5, 0.6) is 0 Å². The first-order chi connectivity index (χ1) is 13.6. The Morgan fingerprint density at radius 3 is 2.21 bits per heavy atom. The summed E-state index contributed by atoms with van der Waals surface area (Å²) in [5.41, 5.74) is 7.36. The van der Waals surface area contributed by atoms with Crippen molar-refractivity contribution in [1.82, 2.24) is 5.43 Å². The average Bonchev–Trinajstić information content (AvgIpc) is 3.12. The fourth-order valence-electron chi connectivity index (χ4n) is 3.10. The summed E-state index contributed by atoms with van der Waals surface area (Å²) >= 11 is 6.94. The number of hydrazine groups is 1. The summed E-state index contributed by atoms with van der Waals surface area (Å²) in [7, 11) is 0. The Kier molecular flexibility index (Phi) is 5.64. The van der Waals surface area contributed by atoms with Crippen molar-refractivity contribution >= 4 is 43.6 Å². The molecule has 0 bridgehead atoms. The van der Waals surface area contributed by atoms with Crippen LogP contribution in [0.1, 0.15) is 17.2 Å². The van der Waals surface area contributed by atoms with Crippen LogP contribution in [-0.4, -0.2) is 0 Å². The molecule has 3 aromatic carbocycles. The molecule has 1 aliphatic rings. The van der Waals surface area contributed by atoms with E-state index < -0.39 is 0 Å². The molecule has 1 aliphatic heterocycles. The van der Waals surface area contributed by atoms with Gasteiger partial charge in [0, 0.05) is 8.95 Å². The molecule has 1 atom stereocenters. The van der Waals surface area contributed by atoms with E-state index in [4.69, 9.17) is 0 Å². The van der Waals surface area contributed by atoms with Gasteiger partial charge < -0.3 is 0 Å². The van der Waals surface area contributed by atoms with Crippen molar-refractivity contribution in [3.05, 3.63) is 117 Å². The van der Waals surface area contributed by atoms with Gasteiger partial charge in [0.2, 0.25) is 0 Å². The van der Waals surface area contributed by atoms with Crippen LogP contribution in [0.2, 0.25) is 0 Å². The van der Waals surface area contributed by atoms with Gasteiger partial charge in [-0.15, -0.1) is 0 Å². The minimum atomic E-state index is -0.257. The SMILES string of the molecule is Fc1cccc(N2NC(/C=C/c3ccc(Br)cc3)=C[C@H]2c2ccc(Br)cc2)c1. The zero-order valence-corrected chi connectivity index (χ0v) is 18.0. The number of hydrogen-bond donors (Lipinski definition) is 1. The molecule has 0 unspecified atom stereocenters. The van der Waals surface area contributed by atoms with Gasteiger partial charge in [0.05, 0.1) is 17.4 Å². The third kappa shape index (κ3) is 4.37. The summed E-state index contributed by atoms with van der Waals surface area (Å²) in [6, 6.07) is 22.9. The molecule has 4 rings (SSSR count). The molecule has 0 aromatic heterocycles. The molecule has 0 spiro atoms. The number of halogens is 3. The lowest BCUT2D eigenvalue weighted by molar-refractivity contribution is 0.623. The Bertz CT molecular complexity index is 1030. The lowest BCUT2D eigenvalue weighted by atomic mass is 10.1. The molecule has 5 heteroatoms. The Balaban J connectivity index is 1.65. The number of anilines is 1. The zero-order chi connectivity index (χ0) is 19.5. The van der Waals surface area contributed by atoms with Crippen LogP contribution in [0.4, 0.5) is 10.1 Å². The van der Waals surface area contributed by atoms with E-state index in [9.17, 15) is 4.39 Å². The van der Waals surface area contributed by atoms with Crippen molar-refractivity contribution in [2.75, 3.05) is 5.01 Å². The zero-order valence-electron chi connectivity index (χ0n) is 14.8. The van der Waals surface area contributed by atoms with Crippen molar-refractivity contribution < 1.29 is 4.39 Å². The standard InChI is InChI=1S/C23H17Br2FN2/c24-18-9-4-16(5-10-18)6-13-21-15-23(17-7-11-19(25)12-8-17)28(27-21)22-3-1-2-20(26)14-22/h1-15,23,27H/b13-6+/t23-/m0/s1. The van der Waals surface area contributed by atoms with Crippen LogP contribution in [0, 0.1) is 5.82 Å². The van der Waals surface area contributed by atoms with Gasteiger partial charge in [-0.05, 0) is 65.7 Å². The lowest BCUT2D eigenvalue weighted by Gasteiger charge is -2.27. The maximum Gasteiger partial charge on any atom is 0.125 e. The number of nitrogens with zero attached hydrogens (tertiary/aromatic N) is 1. The summed E-state index contributed by atoms with van der Waals surface area (Å²) in [5.74, 6) is -0.257. The summed E-state index contributed by atoms with van der Waals surface area (Å²) in [5, 5.41) is 1.98. The highest BCUT2D eigenvalue weighted by Crippen LogP contribution is 2.33. The van der Waals surface area contributed by atoms with Crippen LogP contribution in [0.3, 0.4) is 0 Å². The molecule has 0 radical (unpaired) electrons. The quantitative estimate of drug-likeness (QED) is 0.415. The molecule has 2 nitrogen and oxygen atoms in total. The molecule has 0 fully saturated rings. The Morgan fingerprint density at radius 2 is 1.54 bits per heavy atom. The number of nitrogens with one attached hydrogen (secondary N) is 1. The van der Waals surface area contributed by atoms with E-state index in [1.54, 1.807) is 6.07 Å². The largest absolute Gasteiger partial charge is 0.298 e. The minimum absolute atomic E-state index is 0.0422. The van der Waals surface area contributed by atoms with Gasteiger partial charge in [-0.1, -0.05) is 68.3 Å². The Labute approximate surface area is 180 Å². The summed E-state index contributed by atoms with van der Waals surface area (Å²) < 4.78 is 15.9. The second-order valence-corrected chi connectivity index (χ2v) is 8.30. The summed E-state index contributed by atoms with van der Waals surface area (Å²) in [6.45, 7) is 0. The van der Waals surface area contributed by atoms with Gasteiger partial charge in [-0.25, -0.2) is 4.39 Å². The van der Waals surface area contributed by atoms with Crippen LogP contribution >= 0.6 is 31.9 Å². The number of benzene rings is 3. The van der Waals surface area contributed by atoms with Crippen molar-refractivity contribution in [3.8, 4) is 0 Å². The van der Waals surface area contributed by atoms with E-state index in [2.05, 4.69) is 61.6 Å². The normalized spacial score (nSPS) is 16.3. The lowest BCUT2D eigenvalue weighted by Crippen LogP contribution is -2.34. The highest BCUT2D eigenvalue weighted by atomic mass is 79.9. The van der Waals surface area contributed by atoms with Gasteiger partial charge >= 0.3 is 0 Å². The molecule has 0 saturated heterocycles. The Hall–Kier alpha value is -2.37. The second kappa shape index (κ2) is 8.33. The fraction of sp³-hybridized carbons (Fsp3) is 0.0435. The maximum absolute atomic E-state index is 13.8. The molecule has 0 saturated carbocycles. The van der Waals surface area contributed by atoms with Crippen molar-refractivity contribution in [2.45, 2.75) is 6.04 Å².